The molecule has 1 aromatic carbocycles. The fourth-order valence-corrected chi connectivity index (χ4v) is 2.12. The van der Waals surface area contributed by atoms with Gasteiger partial charge in [-0.15, -0.1) is 0 Å². The van der Waals surface area contributed by atoms with E-state index in [0.29, 0.717) is 19.2 Å². The smallest absolute Gasteiger partial charge is 0.382 e. The van der Waals surface area contributed by atoms with E-state index >= 15 is 0 Å². The van der Waals surface area contributed by atoms with Crippen molar-refractivity contribution in [2.45, 2.75) is 25.4 Å². The van der Waals surface area contributed by atoms with E-state index in [1.54, 1.807) is 0 Å². The van der Waals surface area contributed by atoms with Crippen LogP contribution in [0.25, 0.3) is 0 Å². The van der Waals surface area contributed by atoms with E-state index in [0.717, 1.165) is 31.4 Å². The molecule has 19 heavy (non-hydrogen) atoms. The van der Waals surface area contributed by atoms with Crippen molar-refractivity contribution in [1.29, 1.82) is 0 Å². The van der Waals surface area contributed by atoms with Gasteiger partial charge in [0.05, 0.1) is 11.3 Å². The van der Waals surface area contributed by atoms with Crippen molar-refractivity contribution in [3.8, 4) is 0 Å². The third kappa shape index (κ3) is 3.37. The van der Waals surface area contributed by atoms with Crippen LogP contribution in [0.15, 0.2) is 18.2 Å². The molecule has 6 heteroatoms. The normalized spacial score (nSPS) is 17.3. The van der Waals surface area contributed by atoms with Crippen molar-refractivity contribution in [2.75, 3.05) is 18.4 Å². The molecule has 1 aliphatic rings. The molecule has 3 N–H and O–H groups in total. The molecule has 1 aromatic rings. The van der Waals surface area contributed by atoms with Crippen LogP contribution >= 0.6 is 0 Å². The molecule has 0 bridgehead atoms. The molecule has 0 saturated heterocycles. The molecule has 1 saturated carbocycles. The maximum absolute atomic E-state index is 13.6. The Morgan fingerprint density at radius 2 is 1.95 bits per heavy atom. The van der Waals surface area contributed by atoms with Crippen molar-refractivity contribution in [2.24, 2.45) is 11.1 Å². The molecule has 1 aliphatic carbocycles. The summed E-state index contributed by atoms with van der Waals surface area (Å²) in [4.78, 5) is 0. The second-order valence-corrected chi connectivity index (χ2v) is 5.08. The highest BCUT2D eigenvalue weighted by Gasteiger charge is 2.41. The first kappa shape index (κ1) is 14.1. The zero-order valence-corrected chi connectivity index (χ0v) is 10.4. The first-order valence-corrected chi connectivity index (χ1v) is 6.17. The Kier molecular flexibility index (Phi) is 3.71. The summed E-state index contributed by atoms with van der Waals surface area (Å²) in [6.45, 7) is 1.11. The minimum Gasteiger partial charge on any atom is -0.382 e. The first-order valence-electron chi connectivity index (χ1n) is 6.17. The summed E-state index contributed by atoms with van der Waals surface area (Å²) in [5.74, 6) is -0.877. The van der Waals surface area contributed by atoms with E-state index in [2.05, 4.69) is 5.32 Å². The Balaban J connectivity index is 2.02. The van der Waals surface area contributed by atoms with Gasteiger partial charge >= 0.3 is 6.18 Å². The second kappa shape index (κ2) is 5.00. The minimum atomic E-state index is -4.52. The monoisotopic (exact) mass is 276 g/mol. The van der Waals surface area contributed by atoms with Gasteiger partial charge in [0.25, 0.3) is 0 Å². The number of rotatable bonds is 5. The number of anilines is 1. The van der Waals surface area contributed by atoms with Gasteiger partial charge in [-0.25, -0.2) is 4.39 Å². The van der Waals surface area contributed by atoms with Crippen LogP contribution in [0, 0.1) is 11.2 Å². The molecule has 0 radical (unpaired) electrons. The topological polar surface area (TPSA) is 38.0 Å². The summed E-state index contributed by atoms with van der Waals surface area (Å²) in [6.07, 6.45) is -1.61. The molecule has 0 heterocycles. The van der Waals surface area contributed by atoms with E-state index in [4.69, 9.17) is 5.73 Å². The quantitative estimate of drug-likeness (QED) is 0.809. The summed E-state index contributed by atoms with van der Waals surface area (Å²) in [6, 6.07) is 2.54. The average molecular weight is 276 g/mol. The SMILES string of the molecule is NCCC1(CNc2ccc(C(F)(F)F)cc2F)CC1. The molecule has 0 aromatic heterocycles. The summed E-state index contributed by atoms with van der Waals surface area (Å²) in [5.41, 5.74) is 4.73. The number of benzene rings is 1. The Bertz CT molecular complexity index is 452. The zero-order valence-electron chi connectivity index (χ0n) is 10.4. The molecular weight excluding hydrogens is 260 g/mol. The Morgan fingerprint density at radius 3 is 2.42 bits per heavy atom. The van der Waals surface area contributed by atoms with Crippen LogP contribution in [-0.4, -0.2) is 13.1 Å². The first-order chi connectivity index (χ1) is 8.86. The molecular formula is C13H16F4N2. The summed E-state index contributed by atoms with van der Waals surface area (Å²) in [5, 5.41) is 2.88. The molecule has 2 nitrogen and oxygen atoms in total. The van der Waals surface area contributed by atoms with E-state index in [9.17, 15) is 17.6 Å². The fourth-order valence-electron chi connectivity index (χ4n) is 2.12. The molecule has 2 rings (SSSR count). The fraction of sp³-hybridized carbons (Fsp3) is 0.538. The van der Waals surface area contributed by atoms with Crippen molar-refractivity contribution >= 4 is 5.69 Å². The largest absolute Gasteiger partial charge is 0.416 e. The van der Waals surface area contributed by atoms with Gasteiger partial charge in [-0.1, -0.05) is 0 Å². The molecule has 0 unspecified atom stereocenters. The van der Waals surface area contributed by atoms with Crippen LogP contribution in [0.5, 0.6) is 0 Å². The Labute approximate surface area is 109 Å². The standard InChI is InChI=1S/C13H16F4N2/c14-10-7-9(13(15,16)17)1-2-11(10)19-8-12(3-4-12)5-6-18/h1-2,7,19H,3-6,8,18H2. The van der Waals surface area contributed by atoms with Gasteiger partial charge < -0.3 is 11.1 Å². The maximum atomic E-state index is 13.6. The van der Waals surface area contributed by atoms with Gasteiger partial charge in [-0.3, -0.25) is 0 Å². The van der Waals surface area contributed by atoms with Crippen LogP contribution < -0.4 is 11.1 Å². The molecule has 0 amide bonds. The molecule has 0 atom stereocenters. The number of hydrogen-bond donors (Lipinski definition) is 2. The maximum Gasteiger partial charge on any atom is 0.416 e. The number of alkyl halides is 3. The van der Waals surface area contributed by atoms with E-state index < -0.39 is 17.6 Å². The highest BCUT2D eigenvalue weighted by Crippen LogP contribution is 2.48. The van der Waals surface area contributed by atoms with Gasteiger partial charge in [0.1, 0.15) is 5.82 Å². The summed E-state index contributed by atoms with van der Waals surface area (Å²) >= 11 is 0. The average Bonchev–Trinajstić information content (AvgIpc) is 3.07. The number of nitrogens with two attached hydrogens (primary N) is 1. The van der Waals surface area contributed by atoms with Crippen molar-refractivity contribution in [1.82, 2.24) is 0 Å². The minimum absolute atomic E-state index is 0.101. The predicted molar refractivity (Wildman–Crippen MR) is 65.2 cm³/mol. The number of hydrogen-bond acceptors (Lipinski definition) is 2. The zero-order chi connectivity index (χ0) is 14.1. The molecule has 106 valence electrons. The predicted octanol–water partition coefficient (Wildman–Crippen LogP) is 3.39. The highest BCUT2D eigenvalue weighted by molar-refractivity contribution is 5.47. The van der Waals surface area contributed by atoms with E-state index in [1.807, 2.05) is 0 Å². The number of halogens is 4. The van der Waals surface area contributed by atoms with Crippen LogP contribution in [0.2, 0.25) is 0 Å². The van der Waals surface area contributed by atoms with Gasteiger partial charge in [0, 0.05) is 6.54 Å². The lowest BCUT2D eigenvalue weighted by Gasteiger charge is -2.17. The lowest BCUT2D eigenvalue weighted by atomic mass is 10.0. The van der Waals surface area contributed by atoms with E-state index in [-0.39, 0.29) is 11.1 Å². The van der Waals surface area contributed by atoms with Gasteiger partial charge in [0.15, 0.2) is 0 Å². The van der Waals surface area contributed by atoms with Crippen LogP contribution in [0.1, 0.15) is 24.8 Å². The van der Waals surface area contributed by atoms with Crippen LogP contribution in [-0.2, 0) is 6.18 Å². The summed E-state index contributed by atoms with van der Waals surface area (Å²) in [7, 11) is 0. The lowest BCUT2D eigenvalue weighted by Crippen LogP contribution is -2.19. The van der Waals surface area contributed by atoms with Gasteiger partial charge in [-0.05, 0) is 49.4 Å². The summed E-state index contributed by atoms with van der Waals surface area (Å²) < 4.78 is 50.7. The van der Waals surface area contributed by atoms with Crippen molar-refractivity contribution < 1.29 is 17.6 Å². The van der Waals surface area contributed by atoms with Crippen LogP contribution in [0.4, 0.5) is 23.2 Å². The Hall–Kier alpha value is -1.30. The van der Waals surface area contributed by atoms with Gasteiger partial charge in [-0.2, -0.15) is 13.2 Å². The molecule has 1 fully saturated rings. The highest BCUT2D eigenvalue weighted by atomic mass is 19.4. The molecule has 0 aliphatic heterocycles. The van der Waals surface area contributed by atoms with Crippen molar-refractivity contribution in [3.63, 3.8) is 0 Å². The third-order valence-corrected chi connectivity index (χ3v) is 3.58. The third-order valence-electron chi connectivity index (χ3n) is 3.58. The van der Waals surface area contributed by atoms with Gasteiger partial charge in [0.2, 0.25) is 0 Å². The van der Waals surface area contributed by atoms with Crippen molar-refractivity contribution in [3.05, 3.63) is 29.6 Å². The lowest BCUT2D eigenvalue weighted by molar-refractivity contribution is -0.137. The molecule has 0 spiro atoms. The number of nitrogens with one attached hydrogen (secondary N) is 1. The van der Waals surface area contributed by atoms with E-state index in [1.165, 1.54) is 0 Å². The second-order valence-electron chi connectivity index (χ2n) is 5.08. The van der Waals surface area contributed by atoms with Crippen LogP contribution in [0.3, 0.4) is 0 Å². The Morgan fingerprint density at radius 1 is 1.26 bits per heavy atom.